The number of aromatic nitrogens is 1. The number of nitrogens with zero attached hydrogens (tertiary/aromatic N) is 1. The second-order valence-corrected chi connectivity index (χ2v) is 9.23. The van der Waals surface area contributed by atoms with E-state index in [0.29, 0.717) is 17.5 Å². The average molecular weight is 457 g/mol. The van der Waals surface area contributed by atoms with E-state index < -0.39 is 6.17 Å². The van der Waals surface area contributed by atoms with Gasteiger partial charge in [-0.25, -0.2) is 0 Å². The summed E-state index contributed by atoms with van der Waals surface area (Å²) in [5.74, 6) is 1.25. The Bertz CT molecular complexity index is 976. The predicted octanol–water partition coefficient (Wildman–Crippen LogP) is 3.65. The van der Waals surface area contributed by atoms with Crippen molar-refractivity contribution in [2.75, 3.05) is 6.61 Å². The first-order valence-corrected chi connectivity index (χ1v) is 11.5. The monoisotopic (exact) mass is 456 g/mol. The number of pyridine rings is 1. The van der Waals surface area contributed by atoms with Crippen LogP contribution in [0.5, 0.6) is 5.75 Å². The zero-order valence-corrected chi connectivity index (χ0v) is 19.1. The molecule has 0 radical (unpaired) electrons. The molecule has 2 amide bonds. The van der Waals surface area contributed by atoms with Gasteiger partial charge >= 0.3 is 0 Å². The molecule has 1 aromatic carbocycles. The maximum absolute atomic E-state index is 12.5. The number of ether oxygens (including phenoxy) is 1. The van der Waals surface area contributed by atoms with Crippen LogP contribution < -0.4 is 20.7 Å². The fourth-order valence-electron chi connectivity index (χ4n) is 3.56. The van der Waals surface area contributed by atoms with Crippen molar-refractivity contribution in [1.29, 1.82) is 0 Å². The van der Waals surface area contributed by atoms with E-state index >= 15 is 0 Å². The van der Waals surface area contributed by atoms with Gasteiger partial charge in [-0.2, -0.15) is 0 Å². The van der Waals surface area contributed by atoms with Crippen molar-refractivity contribution in [3.63, 3.8) is 0 Å². The maximum atomic E-state index is 12.5. The average Bonchev–Trinajstić information content (AvgIpc) is 3.61. The van der Waals surface area contributed by atoms with Gasteiger partial charge in [-0.3, -0.25) is 19.9 Å². The summed E-state index contributed by atoms with van der Waals surface area (Å²) in [6, 6.07) is 9.12. The first-order valence-electron chi connectivity index (χ1n) is 11.1. The highest BCUT2D eigenvalue weighted by Crippen LogP contribution is 2.31. The summed E-state index contributed by atoms with van der Waals surface area (Å²) in [5.41, 5.74) is 2.44. The van der Waals surface area contributed by atoms with Crippen molar-refractivity contribution in [2.45, 2.75) is 51.9 Å². The van der Waals surface area contributed by atoms with Gasteiger partial charge in [-0.05, 0) is 48.6 Å². The molecule has 32 heavy (non-hydrogen) atoms. The molecule has 1 aliphatic carbocycles. The fraction of sp³-hybridized carbons (Fsp3) is 0.458. The van der Waals surface area contributed by atoms with Gasteiger partial charge in [0.25, 0.3) is 0 Å². The minimum Gasteiger partial charge on any atom is -0.492 e. The third-order valence-electron chi connectivity index (χ3n) is 5.72. The van der Waals surface area contributed by atoms with Crippen LogP contribution in [0.25, 0.3) is 0 Å². The largest absolute Gasteiger partial charge is 0.492 e. The molecule has 7 nitrogen and oxygen atoms in total. The van der Waals surface area contributed by atoms with Gasteiger partial charge in [-0.1, -0.05) is 31.5 Å². The number of hydrogen-bond donors (Lipinski definition) is 3. The summed E-state index contributed by atoms with van der Waals surface area (Å²) in [6.07, 6.45) is 4.02. The first-order chi connectivity index (χ1) is 15.4. The van der Waals surface area contributed by atoms with Gasteiger partial charge in [-0.15, -0.1) is 0 Å². The lowest BCUT2D eigenvalue weighted by Gasteiger charge is -2.32. The molecular weight excluding hydrogens is 428 g/mol. The molecule has 4 rings (SSSR count). The standard InChI is InChI=1S/C24H29ClN4O3/c1-14(2)24(31)27-11-16-5-7-19(25)18(9-16)23-28-21(10-22(30)29-23)20-8-6-17(12-26-20)32-13-15-3-4-15/h5-9,12,14-15,21,23,28H,3-4,10-11,13H2,1-2H3,(H,27,31)(H,29,30). The topological polar surface area (TPSA) is 92.4 Å². The van der Waals surface area contributed by atoms with Crippen LogP contribution in [0.1, 0.15) is 62.1 Å². The Labute approximate surface area is 193 Å². The maximum Gasteiger partial charge on any atom is 0.223 e. The fourth-order valence-corrected chi connectivity index (χ4v) is 3.79. The summed E-state index contributed by atoms with van der Waals surface area (Å²) in [5, 5.41) is 9.85. The lowest BCUT2D eigenvalue weighted by Crippen LogP contribution is -2.47. The van der Waals surface area contributed by atoms with Gasteiger partial charge in [0.2, 0.25) is 11.8 Å². The Balaban J connectivity index is 1.45. The van der Waals surface area contributed by atoms with Crippen molar-refractivity contribution >= 4 is 23.4 Å². The zero-order valence-electron chi connectivity index (χ0n) is 18.4. The molecule has 2 aliphatic rings. The number of hydrogen-bond acceptors (Lipinski definition) is 5. The molecule has 2 heterocycles. The Morgan fingerprint density at radius 1 is 1.28 bits per heavy atom. The van der Waals surface area contributed by atoms with Crippen LogP contribution in [-0.4, -0.2) is 23.4 Å². The molecule has 0 bridgehead atoms. The van der Waals surface area contributed by atoms with Crippen molar-refractivity contribution in [3.8, 4) is 5.75 Å². The van der Waals surface area contributed by atoms with Crippen molar-refractivity contribution < 1.29 is 14.3 Å². The summed E-state index contributed by atoms with van der Waals surface area (Å²) in [4.78, 5) is 28.9. The lowest BCUT2D eigenvalue weighted by atomic mass is 10.0. The molecule has 2 unspecified atom stereocenters. The van der Waals surface area contributed by atoms with Crippen LogP contribution in [-0.2, 0) is 16.1 Å². The minimum atomic E-state index is -0.456. The molecule has 1 aliphatic heterocycles. The highest BCUT2D eigenvalue weighted by molar-refractivity contribution is 6.31. The second kappa shape index (κ2) is 9.88. The molecule has 1 aromatic heterocycles. The molecule has 2 aromatic rings. The van der Waals surface area contributed by atoms with E-state index in [0.717, 1.165) is 29.2 Å². The van der Waals surface area contributed by atoms with E-state index in [-0.39, 0.29) is 30.2 Å². The van der Waals surface area contributed by atoms with Gasteiger partial charge in [0.15, 0.2) is 0 Å². The minimum absolute atomic E-state index is 0.0127. The van der Waals surface area contributed by atoms with Crippen molar-refractivity contribution in [3.05, 3.63) is 58.4 Å². The SMILES string of the molecule is CC(C)C(=O)NCc1ccc(Cl)c(C2NC(=O)CC(c3ccc(OCC4CC4)cn3)N2)c1. The molecule has 3 N–H and O–H groups in total. The van der Waals surface area contributed by atoms with Crippen LogP contribution >= 0.6 is 11.6 Å². The van der Waals surface area contributed by atoms with Gasteiger partial charge in [0.1, 0.15) is 11.9 Å². The summed E-state index contributed by atoms with van der Waals surface area (Å²) < 4.78 is 5.76. The summed E-state index contributed by atoms with van der Waals surface area (Å²) >= 11 is 6.46. The number of carbonyl (C=O) groups is 2. The lowest BCUT2D eigenvalue weighted by molar-refractivity contribution is -0.125. The highest BCUT2D eigenvalue weighted by Gasteiger charge is 2.30. The van der Waals surface area contributed by atoms with Gasteiger partial charge in [0, 0.05) is 29.5 Å². The molecule has 170 valence electrons. The quantitative estimate of drug-likeness (QED) is 0.564. The molecule has 1 saturated carbocycles. The van der Waals surface area contributed by atoms with Crippen LogP contribution in [0.3, 0.4) is 0 Å². The molecule has 8 heteroatoms. The highest BCUT2D eigenvalue weighted by atomic mass is 35.5. The molecular formula is C24H29ClN4O3. The Morgan fingerprint density at radius 2 is 2.09 bits per heavy atom. The molecule has 2 fully saturated rings. The molecule has 2 atom stereocenters. The third kappa shape index (κ3) is 5.78. The smallest absolute Gasteiger partial charge is 0.223 e. The number of nitrogens with one attached hydrogen (secondary N) is 3. The van der Waals surface area contributed by atoms with E-state index in [1.165, 1.54) is 12.8 Å². The van der Waals surface area contributed by atoms with E-state index in [1.54, 1.807) is 12.3 Å². The van der Waals surface area contributed by atoms with Crippen LogP contribution in [0, 0.1) is 11.8 Å². The number of amides is 2. The number of carbonyl (C=O) groups excluding carboxylic acids is 2. The Kier molecular flexibility index (Phi) is 6.96. The van der Waals surface area contributed by atoms with Crippen LogP contribution in [0.4, 0.5) is 0 Å². The number of benzene rings is 1. The van der Waals surface area contributed by atoms with Crippen molar-refractivity contribution in [1.82, 2.24) is 20.9 Å². The summed E-state index contributed by atoms with van der Waals surface area (Å²) in [7, 11) is 0. The molecule has 0 spiro atoms. The molecule has 1 saturated heterocycles. The predicted molar refractivity (Wildman–Crippen MR) is 122 cm³/mol. The van der Waals surface area contributed by atoms with E-state index in [9.17, 15) is 9.59 Å². The van der Waals surface area contributed by atoms with Crippen LogP contribution in [0.15, 0.2) is 36.5 Å². The normalized spacial score (nSPS) is 20.7. The van der Waals surface area contributed by atoms with E-state index in [4.69, 9.17) is 16.3 Å². The summed E-state index contributed by atoms with van der Waals surface area (Å²) in [6.45, 7) is 4.84. The third-order valence-corrected chi connectivity index (χ3v) is 6.07. The number of rotatable bonds is 8. The Hall–Kier alpha value is -2.64. The number of halogens is 1. The van der Waals surface area contributed by atoms with Crippen molar-refractivity contribution in [2.24, 2.45) is 11.8 Å². The zero-order chi connectivity index (χ0) is 22.7. The van der Waals surface area contributed by atoms with Crippen LogP contribution in [0.2, 0.25) is 5.02 Å². The second-order valence-electron chi connectivity index (χ2n) is 8.83. The Morgan fingerprint density at radius 3 is 2.78 bits per heavy atom. The van der Waals surface area contributed by atoms with E-state index in [1.807, 2.05) is 38.1 Å². The van der Waals surface area contributed by atoms with E-state index in [2.05, 4.69) is 20.9 Å². The first kappa shape index (κ1) is 22.6. The van der Waals surface area contributed by atoms with Gasteiger partial charge < -0.3 is 15.4 Å². The van der Waals surface area contributed by atoms with Gasteiger partial charge in [0.05, 0.1) is 24.5 Å².